The first-order chi connectivity index (χ1) is 12.1. The fraction of sp³-hybridized carbons (Fsp3) is 0.471. The molecule has 2 aliphatic heterocycles. The third-order valence-corrected chi connectivity index (χ3v) is 4.46. The number of nitrogens with zero attached hydrogens (tertiary/aromatic N) is 2. The van der Waals surface area contributed by atoms with Gasteiger partial charge in [-0.1, -0.05) is 30.3 Å². The highest BCUT2D eigenvalue weighted by Gasteiger charge is 2.44. The summed E-state index contributed by atoms with van der Waals surface area (Å²) in [6, 6.07) is 8.15. The summed E-state index contributed by atoms with van der Waals surface area (Å²) >= 11 is 0. The molecule has 0 unspecified atom stereocenters. The Morgan fingerprint density at radius 2 is 2.00 bits per heavy atom. The van der Waals surface area contributed by atoms with E-state index in [2.05, 4.69) is 5.32 Å². The third-order valence-electron chi connectivity index (χ3n) is 4.46. The lowest BCUT2D eigenvalue weighted by molar-refractivity contribution is -0.158. The number of carbonyl (C=O) groups excluding carboxylic acids is 3. The number of fused-ring (bicyclic) bond motifs is 1. The van der Waals surface area contributed by atoms with E-state index in [1.807, 2.05) is 30.3 Å². The highest BCUT2D eigenvalue weighted by molar-refractivity contribution is 5.97. The number of benzene rings is 1. The van der Waals surface area contributed by atoms with Gasteiger partial charge in [-0.15, -0.1) is 0 Å². The van der Waals surface area contributed by atoms with E-state index in [4.69, 9.17) is 9.84 Å². The Kier molecular flexibility index (Phi) is 5.30. The fourth-order valence-corrected chi connectivity index (χ4v) is 3.11. The number of hydrogen-bond acceptors (Lipinski definition) is 5. The molecular formula is C17H21N3O5. The van der Waals surface area contributed by atoms with Gasteiger partial charge in [-0.3, -0.25) is 14.4 Å². The molecular weight excluding hydrogens is 326 g/mol. The van der Waals surface area contributed by atoms with Gasteiger partial charge in [0, 0.05) is 13.1 Å². The lowest BCUT2D eigenvalue weighted by atomic mass is 10.0. The molecule has 8 nitrogen and oxygen atoms in total. The summed E-state index contributed by atoms with van der Waals surface area (Å²) in [4.78, 5) is 39.4. The van der Waals surface area contributed by atoms with Crippen molar-refractivity contribution >= 4 is 17.7 Å². The first-order valence-corrected chi connectivity index (χ1v) is 8.21. The average Bonchev–Trinajstić information content (AvgIpc) is 2.65. The number of rotatable bonds is 5. The van der Waals surface area contributed by atoms with E-state index in [1.165, 1.54) is 9.80 Å². The van der Waals surface area contributed by atoms with Crippen LogP contribution in [0.3, 0.4) is 0 Å². The van der Waals surface area contributed by atoms with E-state index in [9.17, 15) is 14.4 Å². The van der Waals surface area contributed by atoms with E-state index in [0.717, 1.165) is 5.56 Å². The number of hydrogen-bond donors (Lipinski definition) is 2. The van der Waals surface area contributed by atoms with Crippen molar-refractivity contribution in [2.45, 2.75) is 18.7 Å². The van der Waals surface area contributed by atoms with E-state index >= 15 is 0 Å². The molecule has 1 aromatic carbocycles. The summed E-state index contributed by atoms with van der Waals surface area (Å²) in [7, 11) is 0. The van der Waals surface area contributed by atoms with E-state index in [1.54, 1.807) is 0 Å². The van der Waals surface area contributed by atoms with E-state index in [0.29, 0.717) is 13.2 Å². The van der Waals surface area contributed by atoms with Crippen molar-refractivity contribution < 1.29 is 24.2 Å². The van der Waals surface area contributed by atoms with Crippen molar-refractivity contribution in [3.05, 3.63) is 35.9 Å². The maximum atomic E-state index is 12.6. The number of amides is 3. The third kappa shape index (κ3) is 3.80. The quantitative estimate of drug-likeness (QED) is 0.692. The zero-order valence-corrected chi connectivity index (χ0v) is 13.8. The SMILES string of the molecule is O=C1N[C@@H](COCc2ccccc2)C(=O)N2CCN(C(=O)CO)C[C@@H]12. The van der Waals surface area contributed by atoms with Crippen molar-refractivity contribution in [3.8, 4) is 0 Å². The van der Waals surface area contributed by atoms with Crippen molar-refractivity contribution in [2.75, 3.05) is 32.8 Å². The summed E-state index contributed by atoms with van der Waals surface area (Å²) < 4.78 is 5.57. The second-order valence-electron chi connectivity index (χ2n) is 6.11. The van der Waals surface area contributed by atoms with Crippen molar-refractivity contribution in [1.29, 1.82) is 0 Å². The van der Waals surface area contributed by atoms with Crippen LogP contribution in [0.2, 0.25) is 0 Å². The number of aliphatic hydroxyl groups excluding tert-OH is 1. The topological polar surface area (TPSA) is 99.2 Å². The Hall–Kier alpha value is -2.45. The van der Waals surface area contributed by atoms with Crippen LogP contribution in [0.5, 0.6) is 0 Å². The standard InChI is InChI=1S/C17H21N3O5/c21-9-15(22)19-6-7-20-14(8-19)16(23)18-13(17(20)24)11-25-10-12-4-2-1-3-5-12/h1-5,13-14,21H,6-11H2,(H,18,23)/t13-,14-/m0/s1. The molecule has 2 heterocycles. The second kappa shape index (κ2) is 7.62. The average molecular weight is 347 g/mol. The van der Waals surface area contributed by atoms with Crippen molar-refractivity contribution in [2.24, 2.45) is 0 Å². The van der Waals surface area contributed by atoms with Gasteiger partial charge in [-0.25, -0.2) is 0 Å². The number of nitrogens with one attached hydrogen (secondary N) is 1. The van der Waals surface area contributed by atoms with Crippen LogP contribution in [0.15, 0.2) is 30.3 Å². The van der Waals surface area contributed by atoms with Gasteiger partial charge in [0.1, 0.15) is 18.7 Å². The van der Waals surface area contributed by atoms with Gasteiger partial charge in [-0.2, -0.15) is 0 Å². The van der Waals surface area contributed by atoms with Crippen LogP contribution in [-0.2, 0) is 25.7 Å². The van der Waals surface area contributed by atoms with Gasteiger partial charge in [0.2, 0.25) is 17.7 Å². The molecule has 2 fully saturated rings. The minimum Gasteiger partial charge on any atom is -0.387 e. The Morgan fingerprint density at radius 1 is 1.24 bits per heavy atom. The largest absolute Gasteiger partial charge is 0.387 e. The lowest BCUT2D eigenvalue weighted by Gasteiger charge is -2.45. The highest BCUT2D eigenvalue weighted by Crippen LogP contribution is 2.17. The smallest absolute Gasteiger partial charge is 0.248 e. The monoisotopic (exact) mass is 347 g/mol. The molecule has 0 aromatic heterocycles. The van der Waals surface area contributed by atoms with Crippen LogP contribution in [-0.4, -0.2) is 77.6 Å². The van der Waals surface area contributed by atoms with Crippen LogP contribution in [0.25, 0.3) is 0 Å². The number of ether oxygens (including phenoxy) is 1. The van der Waals surface area contributed by atoms with Gasteiger partial charge in [-0.05, 0) is 5.56 Å². The molecule has 134 valence electrons. The number of carbonyl (C=O) groups is 3. The molecule has 2 N–H and O–H groups in total. The van der Waals surface area contributed by atoms with Gasteiger partial charge in [0.05, 0.1) is 19.8 Å². The van der Waals surface area contributed by atoms with Crippen LogP contribution in [0.4, 0.5) is 0 Å². The minimum atomic E-state index is -0.715. The number of aliphatic hydroxyl groups is 1. The summed E-state index contributed by atoms with van der Waals surface area (Å²) in [5, 5.41) is 11.6. The molecule has 25 heavy (non-hydrogen) atoms. The molecule has 1 aromatic rings. The zero-order valence-electron chi connectivity index (χ0n) is 13.8. The predicted octanol–water partition coefficient (Wildman–Crippen LogP) is -1.27. The van der Waals surface area contributed by atoms with Crippen LogP contribution in [0.1, 0.15) is 5.56 Å². The Morgan fingerprint density at radius 3 is 2.72 bits per heavy atom. The molecule has 3 rings (SSSR count). The molecule has 2 atom stereocenters. The molecule has 0 saturated carbocycles. The van der Waals surface area contributed by atoms with Crippen molar-refractivity contribution in [3.63, 3.8) is 0 Å². The molecule has 0 spiro atoms. The molecule has 0 aliphatic carbocycles. The van der Waals surface area contributed by atoms with Crippen molar-refractivity contribution in [1.82, 2.24) is 15.1 Å². The summed E-state index contributed by atoms with van der Waals surface area (Å²) in [6.45, 7) is 0.557. The molecule has 3 amide bonds. The van der Waals surface area contributed by atoms with E-state index in [-0.39, 0.29) is 31.5 Å². The lowest BCUT2D eigenvalue weighted by Crippen LogP contribution is -2.70. The number of piperazine rings is 2. The molecule has 0 bridgehead atoms. The van der Waals surface area contributed by atoms with Gasteiger partial charge in [0.15, 0.2) is 0 Å². The highest BCUT2D eigenvalue weighted by atomic mass is 16.5. The van der Waals surface area contributed by atoms with Gasteiger partial charge >= 0.3 is 0 Å². The van der Waals surface area contributed by atoms with Crippen LogP contribution in [0, 0.1) is 0 Å². The first-order valence-electron chi connectivity index (χ1n) is 8.21. The molecule has 0 radical (unpaired) electrons. The van der Waals surface area contributed by atoms with Crippen LogP contribution < -0.4 is 5.32 Å². The van der Waals surface area contributed by atoms with Gasteiger partial charge < -0.3 is 25.0 Å². The summed E-state index contributed by atoms with van der Waals surface area (Å²) in [6.07, 6.45) is 0. The summed E-state index contributed by atoms with van der Waals surface area (Å²) in [5.74, 6) is -0.940. The maximum absolute atomic E-state index is 12.6. The van der Waals surface area contributed by atoms with Gasteiger partial charge in [0.25, 0.3) is 0 Å². The zero-order chi connectivity index (χ0) is 17.8. The molecule has 8 heteroatoms. The molecule has 2 aliphatic rings. The predicted molar refractivity (Wildman–Crippen MR) is 87.2 cm³/mol. The Labute approximate surface area is 145 Å². The summed E-state index contributed by atoms with van der Waals surface area (Å²) in [5.41, 5.74) is 0.992. The Balaban J connectivity index is 1.56. The fourth-order valence-electron chi connectivity index (χ4n) is 3.11. The Bertz CT molecular complexity index is 651. The second-order valence-corrected chi connectivity index (χ2v) is 6.11. The normalized spacial score (nSPS) is 23.2. The minimum absolute atomic E-state index is 0.0992. The first kappa shape index (κ1) is 17.4. The molecule has 2 saturated heterocycles. The maximum Gasteiger partial charge on any atom is 0.248 e. The van der Waals surface area contributed by atoms with Crippen LogP contribution >= 0.6 is 0 Å². The van der Waals surface area contributed by atoms with E-state index < -0.39 is 24.6 Å².